The molecule has 2 aromatic carbocycles. The molecule has 5 heteroatoms. The second-order valence-electron chi connectivity index (χ2n) is 6.62. The van der Waals surface area contributed by atoms with Crippen LogP contribution in [0.5, 0.6) is 0 Å². The van der Waals surface area contributed by atoms with Gasteiger partial charge in [-0.1, -0.05) is 31.0 Å². The van der Waals surface area contributed by atoms with Crippen molar-refractivity contribution in [1.82, 2.24) is 10.3 Å². The molecule has 0 unspecified atom stereocenters. The smallest absolute Gasteiger partial charge is 0.319 e. The van der Waals surface area contributed by atoms with Crippen LogP contribution in [-0.4, -0.2) is 11.0 Å². The van der Waals surface area contributed by atoms with Crippen LogP contribution in [0, 0.1) is 5.82 Å². The van der Waals surface area contributed by atoms with Gasteiger partial charge in [-0.05, 0) is 48.7 Å². The van der Waals surface area contributed by atoms with Crippen LogP contribution in [0.3, 0.4) is 0 Å². The number of carbonyl (C=O) groups is 1. The molecule has 3 N–H and O–H groups in total. The third-order valence-electron chi connectivity index (χ3n) is 5.05. The van der Waals surface area contributed by atoms with Gasteiger partial charge >= 0.3 is 6.03 Å². The molecule has 4 nitrogen and oxygen atoms in total. The monoisotopic (exact) mass is 337 g/mol. The lowest BCUT2D eigenvalue weighted by molar-refractivity contribution is 0.236. The Labute approximate surface area is 145 Å². The fourth-order valence-electron chi connectivity index (χ4n) is 3.80. The molecule has 1 fully saturated rings. The van der Waals surface area contributed by atoms with E-state index >= 15 is 0 Å². The standard InChI is InChI=1S/C20H20FN3O/c21-15-8-6-14(7-9-15)20(11-1-2-12-20)24-19(25)23-18-5-3-4-17-16(18)10-13-22-17/h3-10,13,22H,1-2,11-12H2,(H2,23,24,25). The summed E-state index contributed by atoms with van der Waals surface area (Å²) in [5.41, 5.74) is 2.28. The Bertz CT molecular complexity index is 895. The quantitative estimate of drug-likeness (QED) is 0.626. The maximum atomic E-state index is 13.3. The number of hydrogen-bond donors (Lipinski definition) is 3. The number of fused-ring (bicyclic) bond motifs is 1. The molecule has 1 aromatic heterocycles. The van der Waals surface area contributed by atoms with Crippen molar-refractivity contribution in [2.75, 3.05) is 5.32 Å². The number of aromatic amines is 1. The molecule has 0 spiro atoms. The van der Waals surface area contributed by atoms with Crippen LogP contribution < -0.4 is 10.6 Å². The number of hydrogen-bond acceptors (Lipinski definition) is 1. The molecule has 0 aliphatic heterocycles. The molecule has 0 bridgehead atoms. The molecule has 0 saturated heterocycles. The summed E-state index contributed by atoms with van der Waals surface area (Å²) in [5.74, 6) is -0.263. The van der Waals surface area contributed by atoms with Gasteiger partial charge in [-0.15, -0.1) is 0 Å². The maximum Gasteiger partial charge on any atom is 0.319 e. The Morgan fingerprint density at radius 2 is 1.80 bits per heavy atom. The van der Waals surface area contributed by atoms with E-state index in [0.717, 1.165) is 47.8 Å². The minimum Gasteiger partial charge on any atom is -0.361 e. The summed E-state index contributed by atoms with van der Waals surface area (Å²) < 4.78 is 13.3. The van der Waals surface area contributed by atoms with E-state index in [1.165, 1.54) is 12.1 Å². The van der Waals surface area contributed by atoms with Gasteiger partial charge in [0.2, 0.25) is 0 Å². The highest BCUT2D eigenvalue weighted by molar-refractivity contribution is 6.00. The molecular formula is C20H20FN3O. The number of halogens is 1. The molecular weight excluding hydrogens is 317 g/mol. The number of nitrogens with one attached hydrogen (secondary N) is 3. The zero-order valence-corrected chi connectivity index (χ0v) is 13.8. The zero-order valence-electron chi connectivity index (χ0n) is 13.8. The molecule has 2 amide bonds. The first-order valence-electron chi connectivity index (χ1n) is 8.58. The van der Waals surface area contributed by atoms with Gasteiger partial charge in [-0.25, -0.2) is 9.18 Å². The van der Waals surface area contributed by atoms with E-state index in [1.54, 1.807) is 12.1 Å². The van der Waals surface area contributed by atoms with Crippen LogP contribution in [0.15, 0.2) is 54.7 Å². The molecule has 0 radical (unpaired) electrons. The average molecular weight is 337 g/mol. The predicted octanol–water partition coefficient (Wildman–Crippen LogP) is 4.90. The molecule has 4 rings (SSSR count). The number of H-pyrrole nitrogens is 1. The number of aromatic nitrogens is 1. The van der Waals surface area contributed by atoms with E-state index in [2.05, 4.69) is 15.6 Å². The van der Waals surface area contributed by atoms with Crippen molar-refractivity contribution in [3.05, 3.63) is 66.1 Å². The zero-order chi connectivity index (χ0) is 17.3. The first-order valence-corrected chi connectivity index (χ1v) is 8.58. The van der Waals surface area contributed by atoms with Gasteiger partial charge in [0.25, 0.3) is 0 Å². The van der Waals surface area contributed by atoms with Crippen LogP contribution in [0.1, 0.15) is 31.2 Å². The third-order valence-corrected chi connectivity index (χ3v) is 5.05. The van der Waals surface area contributed by atoms with Crippen molar-refractivity contribution < 1.29 is 9.18 Å². The van der Waals surface area contributed by atoms with E-state index in [9.17, 15) is 9.18 Å². The van der Waals surface area contributed by atoms with Crippen molar-refractivity contribution >= 4 is 22.6 Å². The highest BCUT2D eigenvalue weighted by Crippen LogP contribution is 2.39. The topological polar surface area (TPSA) is 56.9 Å². The highest BCUT2D eigenvalue weighted by atomic mass is 19.1. The highest BCUT2D eigenvalue weighted by Gasteiger charge is 2.37. The lowest BCUT2D eigenvalue weighted by atomic mass is 9.88. The number of anilines is 1. The third kappa shape index (κ3) is 2.97. The SMILES string of the molecule is O=C(Nc1cccc2[nH]ccc12)NC1(c2ccc(F)cc2)CCCC1. The Kier molecular flexibility index (Phi) is 3.92. The summed E-state index contributed by atoms with van der Waals surface area (Å²) in [5, 5.41) is 7.08. The van der Waals surface area contributed by atoms with Crippen molar-refractivity contribution in [3.8, 4) is 0 Å². The summed E-state index contributed by atoms with van der Waals surface area (Å²) >= 11 is 0. The normalized spacial score (nSPS) is 16.0. The fourth-order valence-corrected chi connectivity index (χ4v) is 3.80. The molecule has 3 aromatic rings. The largest absolute Gasteiger partial charge is 0.361 e. The molecule has 0 atom stereocenters. The van der Waals surface area contributed by atoms with E-state index in [0.29, 0.717) is 0 Å². The lowest BCUT2D eigenvalue weighted by Gasteiger charge is -2.31. The number of carbonyl (C=O) groups excluding carboxylic acids is 1. The molecule has 128 valence electrons. The minimum absolute atomic E-state index is 0.236. The van der Waals surface area contributed by atoms with Crippen molar-refractivity contribution in [2.45, 2.75) is 31.2 Å². The molecule has 1 saturated carbocycles. The van der Waals surface area contributed by atoms with Gasteiger partial charge in [0.15, 0.2) is 0 Å². The Balaban J connectivity index is 1.57. The summed E-state index contributed by atoms with van der Waals surface area (Å²) in [7, 11) is 0. The molecule has 1 heterocycles. The van der Waals surface area contributed by atoms with Crippen LogP contribution in [0.4, 0.5) is 14.9 Å². The Morgan fingerprint density at radius 3 is 2.56 bits per heavy atom. The van der Waals surface area contributed by atoms with E-state index < -0.39 is 5.54 Å². The van der Waals surface area contributed by atoms with Gasteiger partial charge in [-0.2, -0.15) is 0 Å². The van der Waals surface area contributed by atoms with Crippen molar-refractivity contribution in [3.63, 3.8) is 0 Å². The number of rotatable bonds is 3. The second kappa shape index (κ2) is 6.24. The van der Waals surface area contributed by atoms with E-state index in [-0.39, 0.29) is 11.8 Å². The second-order valence-corrected chi connectivity index (χ2v) is 6.62. The average Bonchev–Trinajstić information content (AvgIpc) is 3.26. The Hall–Kier alpha value is -2.82. The summed E-state index contributed by atoms with van der Waals surface area (Å²) in [6, 6.07) is 13.9. The molecule has 25 heavy (non-hydrogen) atoms. The first kappa shape index (κ1) is 15.7. The van der Waals surface area contributed by atoms with Crippen LogP contribution in [0.25, 0.3) is 10.9 Å². The minimum atomic E-state index is -0.427. The summed E-state index contributed by atoms with van der Waals surface area (Å²) in [6.45, 7) is 0. The first-order chi connectivity index (χ1) is 12.2. The summed E-state index contributed by atoms with van der Waals surface area (Å²) in [6.07, 6.45) is 5.67. The van der Waals surface area contributed by atoms with Crippen molar-refractivity contribution in [1.29, 1.82) is 0 Å². The van der Waals surface area contributed by atoms with Gasteiger partial charge in [0.05, 0.1) is 11.2 Å². The Morgan fingerprint density at radius 1 is 1.04 bits per heavy atom. The van der Waals surface area contributed by atoms with Gasteiger partial charge < -0.3 is 15.6 Å². The lowest BCUT2D eigenvalue weighted by Crippen LogP contribution is -2.45. The summed E-state index contributed by atoms with van der Waals surface area (Å²) in [4.78, 5) is 15.8. The van der Waals surface area contributed by atoms with Crippen LogP contribution in [-0.2, 0) is 5.54 Å². The van der Waals surface area contributed by atoms with Gasteiger partial charge in [0, 0.05) is 17.1 Å². The predicted molar refractivity (Wildman–Crippen MR) is 97.0 cm³/mol. The van der Waals surface area contributed by atoms with Crippen molar-refractivity contribution in [2.24, 2.45) is 0 Å². The van der Waals surface area contributed by atoms with Crippen LogP contribution >= 0.6 is 0 Å². The van der Waals surface area contributed by atoms with Gasteiger partial charge in [0.1, 0.15) is 5.82 Å². The molecule has 1 aliphatic rings. The van der Waals surface area contributed by atoms with Crippen LogP contribution in [0.2, 0.25) is 0 Å². The fraction of sp³-hybridized carbons (Fsp3) is 0.250. The molecule has 1 aliphatic carbocycles. The number of urea groups is 1. The van der Waals surface area contributed by atoms with E-state index in [1.807, 2.05) is 30.5 Å². The van der Waals surface area contributed by atoms with E-state index in [4.69, 9.17) is 0 Å². The number of amides is 2. The number of benzene rings is 2. The maximum absolute atomic E-state index is 13.3. The van der Waals surface area contributed by atoms with Gasteiger partial charge in [-0.3, -0.25) is 0 Å².